The summed E-state index contributed by atoms with van der Waals surface area (Å²) in [7, 11) is 0. The Morgan fingerprint density at radius 1 is 0.812 bits per heavy atom. The lowest BCUT2D eigenvalue weighted by Crippen LogP contribution is -1.97. The van der Waals surface area contributed by atoms with Crippen molar-refractivity contribution >= 4 is 5.78 Å². The van der Waals surface area contributed by atoms with E-state index in [4.69, 9.17) is 0 Å². The quantitative estimate of drug-likeness (QED) is 0.423. The first-order chi connectivity index (χ1) is 7.81. The van der Waals surface area contributed by atoms with Crippen LogP contribution in [0.2, 0.25) is 0 Å². The van der Waals surface area contributed by atoms with Crippen molar-refractivity contribution in [2.24, 2.45) is 0 Å². The van der Waals surface area contributed by atoms with Crippen molar-refractivity contribution in [3.8, 4) is 0 Å². The molecule has 0 heterocycles. The minimum atomic E-state index is 0.480. The van der Waals surface area contributed by atoms with E-state index >= 15 is 0 Å². The van der Waals surface area contributed by atoms with Gasteiger partial charge in [0.05, 0.1) is 0 Å². The Morgan fingerprint density at radius 2 is 1.31 bits per heavy atom. The maximum Gasteiger partial charge on any atom is 0.132 e. The van der Waals surface area contributed by atoms with Crippen LogP contribution in [-0.4, -0.2) is 5.78 Å². The predicted octanol–water partition coefficient (Wildman–Crippen LogP) is 5.09. The number of rotatable bonds is 12. The third-order valence-corrected chi connectivity index (χ3v) is 3.01. The first-order valence-electron chi connectivity index (χ1n) is 7.12. The normalized spacial score (nSPS) is 10.6. The summed E-state index contributed by atoms with van der Waals surface area (Å²) in [6, 6.07) is 0. The van der Waals surface area contributed by atoms with Crippen molar-refractivity contribution in [1.29, 1.82) is 0 Å². The minimum Gasteiger partial charge on any atom is -0.300 e. The van der Waals surface area contributed by atoms with E-state index < -0.39 is 0 Å². The van der Waals surface area contributed by atoms with Gasteiger partial charge in [-0.25, -0.2) is 0 Å². The third-order valence-electron chi connectivity index (χ3n) is 3.01. The molecule has 16 heavy (non-hydrogen) atoms. The van der Waals surface area contributed by atoms with Gasteiger partial charge < -0.3 is 0 Å². The van der Waals surface area contributed by atoms with Gasteiger partial charge in [-0.3, -0.25) is 4.79 Å². The van der Waals surface area contributed by atoms with Crippen LogP contribution in [0, 0.1) is 6.92 Å². The first-order valence-corrected chi connectivity index (χ1v) is 7.12. The van der Waals surface area contributed by atoms with E-state index in [0.29, 0.717) is 5.78 Å². The van der Waals surface area contributed by atoms with Crippen LogP contribution in [0.25, 0.3) is 0 Å². The van der Waals surface area contributed by atoms with E-state index in [1.165, 1.54) is 44.9 Å². The van der Waals surface area contributed by atoms with Gasteiger partial charge in [-0.1, -0.05) is 65.2 Å². The molecule has 0 amide bonds. The SMILES string of the molecule is [CH2]CCCCCCCC(=O)CCCCCC. The van der Waals surface area contributed by atoms with Gasteiger partial charge in [0.1, 0.15) is 5.78 Å². The zero-order valence-electron chi connectivity index (χ0n) is 11.1. The largest absolute Gasteiger partial charge is 0.300 e. The summed E-state index contributed by atoms with van der Waals surface area (Å²) in [5.41, 5.74) is 0. The molecule has 0 unspecified atom stereocenters. The summed E-state index contributed by atoms with van der Waals surface area (Å²) in [4.78, 5) is 11.5. The Labute approximate surface area is 102 Å². The lowest BCUT2D eigenvalue weighted by atomic mass is 10.0. The molecule has 1 radical (unpaired) electrons. The molecule has 0 aliphatic rings. The number of hydrogen-bond donors (Lipinski definition) is 0. The van der Waals surface area contributed by atoms with Gasteiger partial charge >= 0.3 is 0 Å². The van der Waals surface area contributed by atoms with Gasteiger partial charge in [0.2, 0.25) is 0 Å². The van der Waals surface area contributed by atoms with E-state index in [2.05, 4.69) is 13.8 Å². The highest BCUT2D eigenvalue weighted by Crippen LogP contribution is 2.10. The zero-order valence-corrected chi connectivity index (χ0v) is 11.1. The van der Waals surface area contributed by atoms with Crippen LogP contribution >= 0.6 is 0 Å². The molecule has 0 N–H and O–H groups in total. The van der Waals surface area contributed by atoms with E-state index in [9.17, 15) is 4.79 Å². The molecule has 0 rings (SSSR count). The fourth-order valence-corrected chi connectivity index (χ4v) is 1.90. The first kappa shape index (κ1) is 15.7. The molecule has 0 saturated heterocycles. The van der Waals surface area contributed by atoms with E-state index in [1.54, 1.807) is 0 Å². The topological polar surface area (TPSA) is 17.1 Å². The lowest BCUT2D eigenvalue weighted by molar-refractivity contribution is -0.119. The van der Waals surface area contributed by atoms with Gasteiger partial charge in [0, 0.05) is 12.8 Å². The lowest BCUT2D eigenvalue weighted by Gasteiger charge is -2.01. The number of unbranched alkanes of at least 4 members (excludes halogenated alkanes) is 8. The Kier molecular flexibility index (Phi) is 12.5. The van der Waals surface area contributed by atoms with Crippen molar-refractivity contribution < 1.29 is 4.79 Å². The molecule has 0 aromatic carbocycles. The van der Waals surface area contributed by atoms with Crippen LogP contribution < -0.4 is 0 Å². The van der Waals surface area contributed by atoms with E-state index in [-0.39, 0.29) is 0 Å². The number of carbonyl (C=O) groups is 1. The molecule has 0 aromatic rings. The molecule has 0 spiro atoms. The number of hydrogen-bond acceptors (Lipinski definition) is 1. The van der Waals surface area contributed by atoms with Crippen molar-refractivity contribution in [3.05, 3.63) is 6.92 Å². The number of ketones is 1. The Balaban J connectivity index is 3.11. The van der Waals surface area contributed by atoms with Crippen molar-refractivity contribution in [2.75, 3.05) is 0 Å². The molecule has 0 aliphatic heterocycles. The van der Waals surface area contributed by atoms with Crippen LogP contribution in [0.3, 0.4) is 0 Å². The summed E-state index contributed by atoms with van der Waals surface area (Å²) in [5, 5.41) is 0. The molecule has 1 nitrogen and oxygen atoms in total. The maximum atomic E-state index is 11.5. The predicted molar refractivity (Wildman–Crippen MR) is 71.4 cm³/mol. The minimum absolute atomic E-state index is 0.480. The van der Waals surface area contributed by atoms with Crippen molar-refractivity contribution in [3.63, 3.8) is 0 Å². The standard InChI is InChI=1S/C15H29O/c1-3-5-7-9-10-12-14-15(16)13-11-8-6-4-2/h1,3-14H2,2H3. The van der Waals surface area contributed by atoms with Gasteiger partial charge in [-0.2, -0.15) is 0 Å². The fourth-order valence-electron chi connectivity index (χ4n) is 1.90. The van der Waals surface area contributed by atoms with Gasteiger partial charge in [-0.15, -0.1) is 0 Å². The Morgan fingerprint density at radius 3 is 1.88 bits per heavy atom. The molecule has 95 valence electrons. The second-order valence-corrected chi connectivity index (χ2v) is 4.72. The van der Waals surface area contributed by atoms with Crippen LogP contribution in [0.5, 0.6) is 0 Å². The number of Topliss-reactive ketones (excluding diaryl/α,β-unsaturated/α-hetero) is 1. The van der Waals surface area contributed by atoms with E-state index in [0.717, 1.165) is 32.1 Å². The molecule has 0 bridgehead atoms. The van der Waals surface area contributed by atoms with E-state index in [1.807, 2.05) is 0 Å². The number of carbonyl (C=O) groups excluding carboxylic acids is 1. The van der Waals surface area contributed by atoms with Crippen LogP contribution in [-0.2, 0) is 4.79 Å². The van der Waals surface area contributed by atoms with Crippen molar-refractivity contribution in [1.82, 2.24) is 0 Å². The second kappa shape index (κ2) is 12.7. The summed E-state index contributed by atoms with van der Waals surface area (Å²) >= 11 is 0. The van der Waals surface area contributed by atoms with Gasteiger partial charge in [-0.05, 0) is 12.8 Å². The molecular weight excluding hydrogens is 196 g/mol. The van der Waals surface area contributed by atoms with Crippen LogP contribution in [0.1, 0.15) is 84.0 Å². The summed E-state index contributed by atoms with van der Waals surface area (Å²) < 4.78 is 0. The highest BCUT2D eigenvalue weighted by atomic mass is 16.1. The van der Waals surface area contributed by atoms with Gasteiger partial charge in [0.15, 0.2) is 0 Å². The molecule has 0 saturated carbocycles. The van der Waals surface area contributed by atoms with Crippen LogP contribution in [0.15, 0.2) is 0 Å². The molecule has 1 heteroatoms. The van der Waals surface area contributed by atoms with Crippen molar-refractivity contribution in [2.45, 2.75) is 84.0 Å². The van der Waals surface area contributed by atoms with Gasteiger partial charge in [0.25, 0.3) is 0 Å². The highest BCUT2D eigenvalue weighted by Gasteiger charge is 2.01. The summed E-state index contributed by atoms with van der Waals surface area (Å²) in [5.74, 6) is 0.480. The third kappa shape index (κ3) is 11.7. The average molecular weight is 225 g/mol. The summed E-state index contributed by atoms with van der Waals surface area (Å²) in [6.07, 6.45) is 13.7. The van der Waals surface area contributed by atoms with Crippen LogP contribution in [0.4, 0.5) is 0 Å². The zero-order chi connectivity index (χ0) is 12.1. The smallest absolute Gasteiger partial charge is 0.132 e. The molecule has 0 fully saturated rings. The fraction of sp³-hybridized carbons (Fsp3) is 0.867. The monoisotopic (exact) mass is 225 g/mol. The average Bonchev–Trinajstić information content (AvgIpc) is 2.29. The highest BCUT2D eigenvalue weighted by molar-refractivity contribution is 5.78. The molecule has 0 atom stereocenters. The second-order valence-electron chi connectivity index (χ2n) is 4.72. The Hall–Kier alpha value is -0.330. The molecular formula is C15H29O. The molecule has 0 aromatic heterocycles. The maximum absolute atomic E-state index is 11.5. The Bertz CT molecular complexity index is 152. The molecule has 0 aliphatic carbocycles. The summed E-state index contributed by atoms with van der Waals surface area (Å²) in [6.45, 7) is 6.03.